The first-order valence-corrected chi connectivity index (χ1v) is 8.04. The molecule has 0 N–H and O–H groups in total. The van der Waals surface area contributed by atoms with Crippen molar-refractivity contribution in [3.05, 3.63) is 63.6 Å². The highest BCUT2D eigenvalue weighted by molar-refractivity contribution is 9.11. The second-order valence-electron chi connectivity index (χ2n) is 4.88. The van der Waals surface area contributed by atoms with Gasteiger partial charge in [0.25, 0.3) is 0 Å². The molecular weight excluding hydrogens is 368 g/mol. The molecule has 98 valence electrons. The third kappa shape index (κ3) is 2.59. The predicted octanol–water partition coefficient (Wildman–Crippen LogP) is 5.26. The average molecular weight is 382 g/mol. The Balaban J connectivity index is 1.95. The van der Waals surface area contributed by atoms with Crippen LogP contribution in [0.2, 0.25) is 0 Å². The second kappa shape index (κ2) is 5.29. The van der Waals surface area contributed by atoms with Gasteiger partial charge in [0.2, 0.25) is 0 Å². The molecule has 1 heterocycles. The van der Waals surface area contributed by atoms with E-state index >= 15 is 0 Å². The van der Waals surface area contributed by atoms with Crippen LogP contribution in [0.25, 0.3) is 0 Å². The maximum absolute atomic E-state index is 5.75. The fraction of sp³-hybridized carbons (Fsp3) is 0.250. The Labute approximate surface area is 130 Å². The molecule has 3 rings (SSSR count). The number of benzene rings is 2. The van der Waals surface area contributed by atoms with Gasteiger partial charge in [0.1, 0.15) is 11.9 Å². The van der Waals surface area contributed by atoms with E-state index in [1.807, 2.05) is 6.07 Å². The van der Waals surface area contributed by atoms with Gasteiger partial charge >= 0.3 is 0 Å². The van der Waals surface area contributed by atoms with Gasteiger partial charge in [-0.3, -0.25) is 0 Å². The molecule has 0 aliphatic carbocycles. The lowest BCUT2D eigenvalue weighted by atomic mass is 10.0. The minimum absolute atomic E-state index is 0.198. The zero-order valence-electron chi connectivity index (χ0n) is 10.6. The Bertz CT molecular complexity index is 609. The van der Waals surface area contributed by atoms with E-state index in [-0.39, 0.29) is 4.83 Å². The zero-order valence-corrected chi connectivity index (χ0v) is 13.7. The van der Waals surface area contributed by atoms with Crippen LogP contribution in [0.5, 0.6) is 5.75 Å². The summed E-state index contributed by atoms with van der Waals surface area (Å²) < 4.78 is 6.87. The van der Waals surface area contributed by atoms with E-state index in [9.17, 15) is 0 Å². The normalized spacial score (nSPS) is 18.8. The van der Waals surface area contributed by atoms with Crippen LogP contribution >= 0.6 is 31.9 Å². The number of hydrogen-bond donors (Lipinski definition) is 0. The Morgan fingerprint density at radius 3 is 2.79 bits per heavy atom. The first kappa shape index (κ1) is 13.2. The smallest absolute Gasteiger partial charge is 0.123 e. The molecule has 0 saturated heterocycles. The molecule has 0 amide bonds. The highest BCUT2D eigenvalue weighted by atomic mass is 79.9. The van der Waals surface area contributed by atoms with Gasteiger partial charge in [-0.1, -0.05) is 62.2 Å². The maximum atomic E-state index is 5.75. The molecule has 2 aromatic carbocycles. The molecule has 19 heavy (non-hydrogen) atoms. The summed E-state index contributed by atoms with van der Waals surface area (Å²) in [5, 5.41) is 0. The fourth-order valence-corrected chi connectivity index (χ4v) is 3.96. The van der Waals surface area contributed by atoms with Crippen molar-refractivity contribution in [2.45, 2.75) is 24.3 Å². The number of ether oxygens (including phenoxy) is 1. The van der Waals surface area contributed by atoms with Crippen molar-refractivity contribution in [2.75, 3.05) is 0 Å². The fourth-order valence-electron chi connectivity index (χ4n) is 2.46. The summed E-state index contributed by atoms with van der Waals surface area (Å²) in [6.07, 6.45) is 1.29. The summed E-state index contributed by atoms with van der Waals surface area (Å²) in [5.41, 5.74) is 3.82. The van der Waals surface area contributed by atoms with E-state index in [0.29, 0.717) is 6.10 Å². The van der Waals surface area contributed by atoms with E-state index in [2.05, 4.69) is 75.2 Å². The molecule has 1 aliphatic rings. The first-order chi connectivity index (χ1) is 9.15. The van der Waals surface area contributed by atoms with Crippen molar-refractivity contribution in [3.8, 4) is 5.75 Å². The van der Waals surface area contributed by atoms with Gasteiger partial charge in [-0.15, -0.1) is 0 Å². The molecule has 1 nitrogen and oxygen atoms in total. The predicted molar refractivity (Wildman–Crippen MR) is 85.1 cm³/mol. The largest absolute Gasteiger partial charge is 0.490 e. The van der Waals surface area contributed by atoms with Crippen LogP contribution < -0.4 is 4.74 Å². The second-order valence-corrected chi connectivity index (χ2v) is 6.65. The van der Waals surface area contributed by atoms with Gasteiger partial charge in [0, 0.05) is 10.9 Å². The molecular formula is C16H14Br2O. The monoisotopic (exact) mass is 380 g/mol. The lowest BCUT2D eigenvalue weighted by molar-refractivity contribution is 0.254. The molecule has 3 heteroatoms. The molecule has 2 atom stereocenters. The third-order valence-electron chi connectivity index (χ3n) is 3.39. The summed E-state index contributed by atoms with van der Waals surface area (Å²) in [6.45, 7) is 2.11. The highest BCUT2D eigenvalue weighted by Crippen LogP contribution is 2.38. The molecule has 0 bridgehead atoms. The van der Waals surface area contributed by atoms with E-state index in [4.69, 9.17) is 4.74 Å². The highest BCUT2D eigenvalue weighted by Gasteiger charge is 2.21. The Kier molecular flexibility index (Phi) is 3.68. The van der Waals surface area contributed by atoms with Crippen molar-refractivity contribution >= 4 is 31.9 Å². The van der Waals surface area contributed by atoms with E-state index < -0.39 is 0 Å². The Morgan fingerprint density at radius 2 is 2.00 bits per heavy atom. The SMILES string of the molecule is CC1Cc2cc(C(Br)c3ccccc3Br)ccc2O1. The van der Waals surface area contributed by atoms with Crippen molar-refractivity contribution in [1.82, 2.24) is 0 Å². The van der Waals surface area contributed by atoms with Crippen LogP contribution in [0.4, 0.5) is 0 Å². The summed E-state index contributed by atoms with van der Waals surface area (Å²) >= 11 is 7.41. The number of hydrogen-bond acceptors (Lipinski definition) is 1. The van der Waals surface area contributed by atoms with Gasteiger partial charge in [0.05, 0.1) is 4.83 Å². The van der Waals surface area contributed by atoms with Crippen LogP contribution in [0, 0.1) is 0 Å². The molecule has 0 radical (unpaired) electrons. The van der Waals surface area contributed by atoms with Crippen LogP contribution in [-0.4, -0.2) is 6.10 Å². The molecule has 0 spiro atoms. The van der Waals surface area contributed by atoms with E-state index in [1.165, 1.54) is 16.7 Å². The summed E-state index contributed by atoms with van der Waals surface area (Å²) in [6, 6.07) is 14.8. The van der Waals surface area contributed by atoms with Crippen molar-refractivity contribution in [3.63, 3.8) is 0 Å². The molecule has 2 unspecified atom stereocenters. The molecule has 0 fully saturated rings. The van der Waals surface area contributed by atoms with Gasteiger partial charge in [-0.05, 0) is 35.7 Å². The standard InChI is InChI=1S/C16H14Br2O/c1-10-8-12-9-11(6-7-15(12)19-10)16(18)13-4-2-3-5-14(13)17/h2-7,9-10,16H,8H2,1H3. The van der Waals surface area contributed by atoms with Crippen LogP contribution in [0.3, 0.4) is 0 Å². The number of rotatable bonds is 2. The summed E-state index contributed by atoms with van der Waals surface area (Å²) in [4.78, 5) is 0.198. The van der Waals surface area contributed by atoms with Gasteiger partial charge in [-0.25, -0.2) is 0 Å². The van der Waals surface area contributed by atoms with Gasteiger partial charge in [0.15, 0.2) is 0 Å². The number of fused-ring (bicyclic) bond motifs is 1. The van der Waals surface area contributed by atoms with Crippen LogP contribution in [-0.2, 0) is 6.42 Å². The van der Waals surface area contributed by atoms with E-state index in [1.54, 1.807) is 0 Å². The number of alkyl halides is 1. The van der Waals surface area contributed by atoms with Crippen LogP contribution in [0.1, 0.15) is 28.4 Å². The van der Waals surface area contributed by atoms with Crippen LogP contribution in [0.15, 0.2) is 46.9 Å². The topological polar surface area (TPSA) is 9.23 Å². The Hall–Kier alpha value is -0.800. The first-order valence-electron chi connectivity index (χ1n) is 6.33. The molecule has 1 aliphatic heterocycles. The third-order valence-corrected chi connectivity index (χ3v) is 5.14. The number of halogens is 2. The van der Waals surface area contributed by atoms with Gasteiger partial charge in [-0.2, -0.15) is 0 Å². The van der Waals surface area contributed by atoms with Crippen molar-refractivity contribution in [1.29, 1.82) is 0 Å². The maximum Gasteiger partial charge on any atom is 0.123 e. The molecule has 2 aromatic rings. The molecule has 0 saturated carbocycles. The van der Waals surface area contributed by atoms with E-state index in [0.717, 1.165) is 16.6 Å². The lowest BCUT2D eigenvalue weighted by Crippen LogP contribution is -2.05. The Morgan fingerprint density at radius 1 is 1.21 bits per heavy atom. The quantitative estimate of drug-likeness (QED) is 0.645. The van der Waals surface area contributed by atoms with Crippen molar-refractivity contribution in [2.24, 2.45) is 0 Å². The minimum Gasteiger partial charge on any atom is -0.490 e. The van der Waals surface area contributed by atoms with Crippen molar-refractivity contribution < 1.29 is 4.74 Å². The minimum atomic E-state index is 0.198. The average Bonchev–Trinajstić information content (AvgIpc) is 2.77. The summed E-state index contributed by atoms with van der Waals surface area (Å²) in [7, 11) is 0. The van der Waals surface area contributed by atoms with Gasteiger partial charge < -0.3 is 4.74 Å². The molecule has 0 aromatic heterocycles. The zero-order chi connectivity index (χ0) is 13.4. The summed E-state index contributed by atoms with van der Waals surface area (Å²) in [5.74, 6) is 1.03. The lowest BCUT2D eigenvalue weighted by Gasteiger charge is -2.13.